The van der Waals surface area contributed by atoms with Crippen molar-refractivity contribution in [2.24, 2.45) is 5.92 Å². The first kappa shape index (κ1) is 34.2. The van der Waals surface area contributed by atoms with Crippen molar-refractivity contribution in [2.45, 2.75) is 44.7 Å². The lowest BCUT2D eigenvalue weighted by molar-refractivity contribution is -0.140. The van der Waals surface area contributed by atoms with Crippen LogP contribution in [-0.4, -0.2) is 44.3 Å². The molecular formula is C35H37BrClN3O4S. The minimum absolute atomic E-state index is 0.0239. The number of carbonyl (C=O) groups is 2. The number of para-hydroxylation sites is 1. The van der Waals surface area contributed by atoms with E-state index in [0.717, 1.165) is 25.5 Å². The molecule has 1 N–H and O–H groups in total. The number of anilines is 1. The number of nitrogens with one attached hydrogen (secondary N) is 1. The van der Waals surface area contributed by atoms with Gasteiger partial charge in [-0.05, 0) is 60.4 Å². The topological polar surface area (TPSA) is 86.8 Å². The van der Waals surface area contributed by atoms with Gasteiger partial charge in [-0.1, -0.05) is 114 Å². The summed E-state index contributed by atoms with van der Waals surface area (Å²) in [6.07, 6.45) is 0.240. The van der Waals surface area contributed by atoms with Gasteiger partial charge in [0.05, 0.1) is 15.6 Å². The molecule has 45 heavy (non-hydrogen) atoms. The zero-order valence-electron chi connectivity index (χ0n) is 25.5. The lowest BCUT2D eigenvalue weighted by Gasteiger charge is -2.34. The van der Waals surface area contributed by atoms with Crippen molar-refractivity contribution in [2.75, 3.05) is 17.4 Å². The summed E-state index contributed by atoms with van der Waals surface area (Å²) in [7, 11) is -4.23. The number of amides is 2. The molecule has 0 aliphatic carbocycles. The summed E-state index contributed by atoms with van der Waals surface area (Å²) >= 11 is 9.99. The van der Waals surface area contributed by atoms with E-state index in [1.165, 1.54) is 17.0 Å². The molecule has 0 heterocycles. The van der Waals surface area contributed by atoms with Gasteiger partial charge >= 0.3 is 0 Å². The molecule has 0 spiro atoms. The average Bonchev–Trinajstić information content (AvgIpc) is 3.02. The van der Waals surface area contributed by atoms with E-state index in [2.05, 4.69) is 21.2 Å². The fourth-order valence-electron chi connectivity index (χ4n) is 4.77. The van der Waals surface area contributed by atoms with Crippen LogP contribution in [0.4, 0.5) is 5.69 Å². The van der Waals surface area contributed by atoms with Gasteiger partial charge in [-0.3, -0.25) is 13.9 Å². The Bertz CT molecular complexity index is 1700. The summed E-state index contributed by atoms with van der Waals surface area (Å²) in [6.45, 7) is 5.79. The van der Waals surface area contributed by atoms with E-state index in [4.69, 9.17) is 11.6 Å². The summed E-state index contributed by atoms with van der Waals surface area (Å²) in [5, 5.41) is 3.17. The fraction of sp³-hybridized carbons (Fsp3) is 0.257. The third-order valence-corrected chi connectivity index (χ3v) is 9.85. The Hall–Kier alpha value is -3.66. The van der Waals surface area contributed by atoms with Gasteiger partial charge in [0, 0.05) is 24.0 Å². The van der Waals surface area contributed by atoms with Crippen molar-refractivity contribution in [3.05, 3.63) is 129 Å². The van der Waals surface area contributed by atoms with E-state index in [1.807, 2.05) is 75.4 Å². The number of carbonyl (C=O) groups excluding carboxylic acids is 2. The number of hydrogen-bond donors (Lipinski definition) is 1. The highest BCUT2D eigenvalue weighted by atomic mass is 79.9. The maximum absolute atomic E-state index is 14.5. The van der Waals surface area contributed by atoms with Gasteiger partial charge in [0.1, 0.15) is 12.6 Å². The summed E-state index contributed by atoms with van der Waals surface area (Å²) in [5.41, 5.74) is 2.71. The Kier molecular flexibility index (Phi) is 11.8. The van der Waals surface area contributed by atoms with Gasteiger partial charge in [0.15, 0.2) is 0 Å². The summed E-state index contributed by atoms with van der Waals surface area (Å²) in [4.78, 5) is 29.8. The zero-order chi connectivity index (χ0) is 32.6. The number of rotatable bonds is 13. The Labute approximate surface area is 279 Å². The highest BCUT2D eigenvalue weighted by molar-refractivity contribution is 9.10. The lowest BCUT2D eigenvalue weighted by atomic mass is 10.0. The van der Waals surface area contributed by atoms with Crippen molar-refractivity contribution in [1.29, 1.82) is 0 Å². The monoisotopic (exact) mass is 709 g/mol. The molecule has 1 atom stereocenters. The Balaban J connectivity index is 1.80. The van der Waals surface area contributed by atoms with Crippen LogP contribution in [0.2, 0.25) is 5.02 Å². The van der Waals surface area contributed by atoms with E-state index >= 15 is 0 Å². The van der Waals surface area contributed by atoms with Crippen LogP contribution in [0.5, 0.6) is 0 Å². The summed E-state index contributed by atoms with van der Waals surface area (Å²) in [6, 6.07) is 28.9. The van der Waals surface area contributed by atoms with Gasteiger partial charge < -0.3 is 10.2 Å². The van der Waals surface area contributed by atoms with Crippen LogP contribution in [0.15, 0.2) is 112 Å². The van der Waals surface area contributed by atoms with Crippen LogP contribution in [0.1, 0.15) is 30.5 Å². The first-order chi connectivity index (χ1) is 21.5. The molecule has 0 aromatic heterocycles. The van der Waals surface area contributed by atoms with Crippen LogP contribution < -0.4 is 9.62 Å². The van der Waals surface area contributed by atoms with Gasteiger partial charge in [0.2, 0.25) is 11.8 Å². The van der Waals surface area contributed by atoms with Gasteiger partial charge in [-0.2, -0.15) is 0 Å². The second-order valence-corrected chi connectivity index (χ2v) is 14.5. The fourth-order valence-corrected chi connectivity index (χ4v) is 6.75. The predicted octanol–water partition coefficient (Wildman–Crippen LogP) is 7.02. The van der Waals surface area contributed by atoms with Crippen molar-refractivity contribution in [1.82, 2.24) is 10.2 Å². The molecule has 0 unspecified atom stereocenters. The van der Waals surface area contributed by atoms with Gasteiger partial charge in [0.25, 0.3) is 10.0 Å². The molecule has 10 heteroatoms. The normalized spacial score (nSPS) is 12.0. The third-order valence-electron chi connectivity index (χ3n) is 7.23. The molecule has 4 aromatic carbocycles. The van der Waals surface area contributed by atoms with Crippen LogP contribution in [0.3, 0.4) is 0 Å². The highest BCUT2D eigenvalue weighted by Crippen LogP contribution is 2.31. The predicted molar refractivity (Wildman–Crippen MR) is 184 cm³/mol. The number of halogens is 2. The molecule has 0 fully saturated rings. The molecule has 2 amide bonds. The highest BCUT2D eigenvalue weighted by Gasteiger charge is 2.35. The number of aryl methyl sites for hydroxylation is 1. The largest absolute Gasteiger partial charge is 0.354 e. The molecule has 236 valence electrons. The van der Waals surface area contributed by atoms with Crippen LogP contribution in [0.25, 0.3) is 0 Å². The van der Waals surface area contributed by atoms with E-state index in [1.54, 1.807) is 36.4 Å². The van der Waals surface area contributed by atoms with E-state index < -0.39 is 28.5 Å². The number of nitrogens with zero attached hydrogens (tertiary/aromatic N) is 2. The first-order valence-electron chi connectivity index (χ1n) is 14.6. The standard InChI is InChI=1S/C35H37BrClN3O4S/c1-25(2)22-38-35(42)33(21-27-9-5-4-6-10-27)39(23-28-15-17-29(36)18-16-28)34(41)24-40(32-12-8-7-11-31(32)37)45(43,44)30-19-13-26(3)14-20-30/h4-20,25,33H,21-24H2,1-3H3,(H,38,42)/t33-/m1/s1. The summed E-state index contributed by atoms with van der Waals surface area (Å²) < 4.78 is 30.2. The van der Waals surface area contributed by atoms with Crippen molar-refractivity contribution >= 4 is 55.1 Å². The first-order valence-corrected chi connectivity index (χ1v) is 17.3. The SMILES string of the molecule is Cc1ccc(S(=O)(=O)N(CC(=O)N(Cc2ccc(Br)cc2)[C@H](Cc2ccccc2)C(=O)NCC(C)C)c2ccccc2Cl)cc1. The maximum Gasteiger partial charge on any atom is 0.264 e. The molecule has 0 aliphatic rings. The molecule has 0 bridgehead atoms. The Morgan fingerprint density at radius 1 is 0.844 bits per heavy atom. The van der Waals surface area contributed by atoms with E-state index in [0.29, 0.717) is 6.54 Å². The van der Waals surface area contributed by atoms with Crippen LogP contribution in [-0.2, 0) is 32.6 Å². The molecule has 0 saturated carbocycles. The van der Waals surface area contributed by atoms with Crippen molar-refractivity contribution in [3.8, 4) is 0 Å². The molecule has 4 rings (SSSR count). The van der Waals surface area contributed by atoms with E-state index in [-0.39, 0.29) is 40.4 Å². The van der Waals surface area contributed by atoms with Crippen LogP contribution >= 0.6 is 27.5 Å². The summed E-state index contributed by atoms with van der Waals surface area (Å²) in [5.74, 6) is -0.671. The van der Waals surface area contributed by atoms with Crippen LogP contribution in [0, 0.1) is 12.8 Å². The maximum atomic E-state index is 14.5. The third kappa shape index (κ3) is 9.19. The minimum atomic E-state index is -4.23. The molecular weight excluding hydrogens is 674 g/mol. The van der Waals surface area contributed by atoms with Gasteiger partial charge in [-0.15, -0.1) is 0 Å². The molecule has 0 aliphatic heterocycles. The Morgan fingerprint density at radius 2 is 1.47 bits per heavy atom. The second-order valence-electron chi connectivity index (χ2n) is 11.3. The molecule has 4 aromatic rings. The zero-order valence-corrected chi connectivity index (χ0v) is 28.6. The quantitative estimate of drug-likeness (QED) is 0.162. The number of hydrogen-bond acceptors (Lipinski definition) is 4. The smallest absolute Gasteiger partial charge is 0.264 e. The van der Waals surface area contributed by atoms with Crippen molar-refractivity contribution < 1.29 is 18.0 Å². The number of benzene rings is 4. The van der Waals surface area contributed by atoms with Crippen molar-refractivity contribution in [3.63, 3.8) is 0 Å². The second kappa shape index (κ2) is 15.6. The molecule has 7 nitrogen and oxygen atoms in total. The Morgan fingerprint density at radius 3 is 2.09 bits per heavy atom. The van der Waals surface area contributed by atoms with Gasteiger partial charge in [-0.25, -0.2) is 8.42 Å². The molecule has 0 saturated heterocycles. The molecule has 0 radical (unpaired) electrons. The van der Waals surface area contributed by atoms with E-state index in [9.17, 15) is 18.0 Å². The number of sulfonamides is 1. The average molecular weight is 711 g/mol. The minimum Gasteiger partial charge on any atom is -0.354 e. The lowest BCUT2D eigenvalue weighted by Crippen LogP contribution is -2.53.